The second-order valence-electron chi connectivity index (χ2n) is 11.5. The van der Waals surface area contributed by atoms with E-state index >= 15 is 0 Å². The van der Waals surface area contributed by atoms with Gasteiger partial charge < -0.3 is 0 Å². The predicted octanol–water partition coefficient (Wildman–Crippen LogP) is 10.7. The molecule has 0 radical (unpaired) electrons. The average molecular weight is 789 g/mol. The van der Waals surface area contributed by atoms with Gasteiger partial charge in [-0.25, -0.2) is 0 Å². The van der Waals surface area contributed by atoms with Crippen molar-refractivity contribution in [2.45, 2.75) is 19.8 Å². The minimum absolute atomic E-state index is 0. The summed E-state index contributed by atoms with van der Waals surface area (Å²) >= 11 is 0. The van der Waals surface area contributed by atoms with Gasteiger partial charge in [0.05, 0.1) is 0 Å². The van der Waals surface area contributed by atoms with Crippen molar-refractivity contribution in [1.82, 2.24) is 0 Å². The summed E-state index contributed by atoms with van der Waals surface area (Å²) in [5.41, 5.74) is 4.17. The van der Waals surface area contributed by atoms with Crippen LogP contribution in [0.5, 0.6) is 0 Å². The van der Waals surface area contributed by atoms with Crippen molar-refractivity contribution in [3.8, 4) is 0 Å². The van der Waals surface area contributed by atoms with Gasteiger partial charge in [0.1, 0.15) is 0 Å². The van der Waals surface area contributed by atoms with Gasteiger partial charge in [0, 0.05) is 25.8 Å². The molecule has 0 amide bonds. The molecule has 0 fully saturated rings. The van der Waals surface area contributed by atoms with Crippen LogP contribution in [-0.2, 0) is 38.7 Å². The van der Waals surface area contributed by atoms with Crippen LogP contribution >= 0.6 is 7.92 Å². The van der Waals surface area contributed by atoms with E-state index in [2.05, 4.69) is 201 Å². The number of benzene rings is 6. The first kappa shape index (κ1) is 34.2. The van der Waals surface area contributed by atoms with E-state index in [1.807, 2.05) is 0 Å². The monoisotopic (exact) mass is 790 g/mol. The molecule has 0 atom stereocenters. The first-order chi connectivity index (χ1) is 22.7. The molecule has 0 unspecified atom stereocenters. The molecule has 0 aliphatic heterocycles. The molecule has 8 aromatic rings. The second kappa shape index (κ2) is 17.7. The van der Waals surface area contributed by atoms with Gasteiger partial charge in [-0.05, 0) is 42.5 Å². The maximum absolute atomic E-state index is 2.35. The summed E-state index contributed by atoms with van der Waals surface area (Å²) in [5.74, 6) is 0. The van der Waals surface area contributed by atoms with Crippen LogP contribution in [0.1, 0.15) is 16.7 Å². The molecule has 2 heteroatoms. The normalized spacial score (nSPS) is 10.4. The molecule has 0 saturated heterocycles. The largest absolute Gasteiger partial charge is 0.165 e. The standard InChI is InChI=1S/C21H16P.C14H14.C10H9.Hf/c1-3-11-19(12-4-1)22(20-13-5-2-6-14-20)21-15-17-9-7-8-10-18(17)16-21;1-3-7-13(8-4-1)11-12-14-9-5-2-6-10-14;1-8-6-9-4-2-3-5-10(9)7-8;/h1-16H;1-10H,11-12H2;2-7H,1H3;/q-1;;-1;. The first-order valence-electron chi connectivity index (χ1n) is 16.0. The van der Waals surface area contributed by atoms with Gasteiger partial charge in [0.25, 0.3) is 0 Å². The molecule has 0 aliphatic rings. The Morgan fingerprint density at radius 2 is 0.809 bits per heavy atom. The molecule has 8 aromatic carbocycles. The van der Waals surface area contributed by atoms with Crippen molar-refractivity contribution in [2.75, 3.05) is 0 Å². The maximum atomic E-state index is 2.35. The third-order valence-corrected chi connectivity index (χ3v) is 10.4. The van der Waals surface area contributed by atoms with E-state index in [-0.39, 0.29) is 25.8 Å². The molecule has 230 valence electrons. The number of aryl methyl sites for hydroxylation is 3. The molecule has 0 nitrogen and oxygen atoms in total. The summed E-state index contributed by atoms with van der Waals surface area (Å²) < 4.78 is 0. The Balaban J connectivity index is 0.000000149. The Morgan fingerprint density at radius 3 is 1.26 bits per heavy atom. The van der Waals surface area contributed by atoms with Crippen molar-refractivity contribution < 1.29 is 25.8 Å². The van der Waals surface area contributed by atoms with Crippen molar-refractivity contribution in [3.05, 3.63) is 211 Å². The first-order valence-corrected chi connectivity index (χ1v) is 17.3. The van der Waals surface area contributed by atoms with Crippen LogP contribution in [0.2, 0.25) is 0 Å². The van der Waals surface area contributed by atoms with E-state index in [0.29, 0.717) is 0 Å². The Morgan fingerprint density at radius 1 is 0.426 bits per heavy atom. The fourth-order valence-corrected chi connectivity index (χ4v) is 8.12. The molecule has 8 rings (SSSR count). The summed E-state index contributed by atoms with van der Waals surface area (Å²) in [6, 6.07) is 69.1. The molecule has 47 heavy (non-hydrogen) atoms. The quantitative estimate of drug-likeness (QED) is 0.0894. The topological polar surface area (TPSA) is 0 Å². The van der Waals surface area contributed by atoms with Crippen molar-refractivity contribution >= 4 is 45.4 Å². The van der Waals surface area contributed by atoms with Gasteiger partial charge in [0.15, 0.2) is 0 Å². The van der Waals surface area contributed by atoms with Crippen LogP contribution in [-0.4, -0.2) is 0 Å². The van der Waals surface area contributed by atoms with Crippen molar-refractivity contribution in [2.24, 2.45) is 0 Å². The zero-order chi connectivity index (χ0) is 31.4. The van der Waals surface area contributed by atoms with Crippen molar-refractivity contribution in [3.63, 3.8) is 0 Å². The van der Waals surface area contributed by atoms with Gasteiger partial charge in [-0.3, -0.25) is 0 Å². The molecule has 0 aromatic heterocycles. The third kappa shape index (κ3) is 9.68. The van der Waals surface area contributed by atoms with E-state index in [9.17, 15) is 0 Å². The fraction of sp³-hybridized carbons (Fsp3) is 0.0667. The summed E-state index contributed by atoms with van der Waals surface area (Å²) in [7, 11) is -0.493. The van der Waals surface area contributed by atoms with Crippen LogP contribution in [0.15, 0.2) is 194 Å². The molecule has 0 aliphatic carbocycles. The van der Waals surface area contributed by atoms with Gasteiger partial charge in [-0.15, -0.1) is 80.9 Å². The van der Waals surface area contributed by atoms with E-state index in [1.54, 1.807) is 0 Å². The minimum Gasteiger partial charge on any atom is -0.165 e. The SMILES string of the molecule is Cc1cc2ccccc2[cH-]1.[Hf].c1ccc(CCc2ccccc2)cc1.c1ccc(P(c2ccccc2)c2cc3ccccc3[cH-]2)cc1. The molecule has 0 saturated carbocycles. The zero-order valence-corrected chi connectivity index (χ0v) is 31.3. The van der Waals surface area contributed by atoms with Crippen LogP contribution in [0.3, 0.4) is 0 Å². The zero-order valence-electron chi connectivity index (χ0n) is 26.8. The van der Waals surface area contributed by atoms with Gasteiger partial charge in [0.2, 0.25) is 0 Å². The maximum Gasteiger partial charge on any atom is 0 e. The second-order valence-corrected chi connectivity index (χ2v) is 13.7. The smallest absolute Gasteiger partial charge is 0 e. The molecule has 0 N–H and O–H groups in total. The van der Waals surface area contributed by atoms with Crippen LogP contribution in [0.4, 0.5) is 0 Å². The molecular weight excluding hydrogens is 750 g/mol. The summed E-state index contributed by atoms with van der Waals surface area (Å²) in [4.78, 5) is 0. The van der Waals surface area contributed by atoms with Gasteiger partial charge in [-0.1, -0.05) is 140 Å². The third-order valence-electron chi connectivity index (χ3n) is 8.04. The van der Waals surface area contributed by atoms with Crippen LogP contribution < -0.4 is 15.9 Å². The van der Waals surface area contributed by atoms with Gasteiger partial charge in [-0.2, -0.15) is 12.1 Å². The molecule has 0 spiro atoms. The molecule has 0 heterocycles. The number of hydrogen-bond donors (Lipinski definition) is 0. The predicted molar refractivity (Wildman–Crippen MR) is 203 cm³/mol. The van der Waals surface area contributed by atoms with Crippen LogP contribution in [0, 0.1) is 6.92 Å². The van der Waals surface area contributed by atoms with E-state index in [4.69, 9.17) is 0 Å². The summed E-state index contributed by atoms with van der Waals surface area (Å²) in [6.07, 6.45) is 2.26. The Hall–Kier alpha value is -4.16. The van der Waals surface area contributed by atoms with Gasteiger partial charge >= 0.3 is 0 Å². The van der Waals surface area contributed by atoms with E-state index in [0.717, 1.165) is 12.8 Å². The number of rotatable bonds is 6. The average Bonchev–Trinajstić information content (AvgIpc) is 3.72. The van der Waals surface area contributed by atoms with Crippen LogP contribution in [0.25, 0.3) is 21.5 Å². The van der Waals surface area contributed by atoms with E-state index in [1.165, 1.54) is 54.1 Å². The minimum atomic E-state index is -0.493. The van der Waals surface area contributed by atoms with E-state index < -0.39 is 7.92 Å². The number of hydrogen-bond acceptors (Lipinski definition) is 0. The Kier molecular flexibility index (Phi) is 12.9. The summed E-state index contributed by atoms with van der Waals surface area (Å²) in [5, 5.41) is 9.58. The Bertz CT molecular complexity index is 1900. The Labute approximate surface area is 300 Å². The fourth-order valence-electron chi connectivity index (χ4n) is 5.75. The molecule has 0 bridgehead atoms. The summed E-state index contributed by atoms with van der Waals surface area (Å²) in [6.45, 7) is 2.12. The molecular formula is C45H39HfP-2. The number of fused-ring (bicyclic) bond motifs is 2. The van der Waals surface area contributed by atoms with Crippen molar-refractivity contribution in [1.29, 1.82) is 0 Å².